The van der Waals surface area contributed by atoms with Gasteiger partial charge in [0.25, 0.3) is 0 Å². The van der Waals surface area contributed by atoms with Gasteiger partial charge in [-0.05, 0) is 31.5 Å². The Morgan fingerprint density at radius 2 is 2.13 bits per heavy atom. The zero-order chi connectivity index (χ0) is 11.4. The number of hydrogen-bond acceptors (Lipinski definition) is 2. The van der Waals surface area contributed by atoms with Gasteiger partial charge in [0.1, 0.15) is 0 Å². The van der Waals surface area contributed by atoms with Crippen molar-refractivity contribution in [3.8, 4) is 0 Å². The molecule has 0 aliphatic carbocycles. The maximum absolute atomic E-state index is 11.4. The van der Waals surface area contributed by atoms with Crippen molar-refractivity contribution in [2.45, 2.75) is 25.1 Å². The molecule has 0 bridgehead atoms. The van der Waals surface area contributed by atoms with Crippen molar-refractivity contribution in [1.29, 1.82) is 0 Å². The maximum Gasteiger partial charge on any atom is 0.233 e. The summed E-state index contributed by atoms with van der Waals surface area (Å²) in [6.45, 7) is 3.71. The molecule has 2 unspecified atom stereocenters. The van der Waals surface area contributed by atoms with E-state index in [-0.39, 0.29) is 17.2 Å². The molecule has 0 aliphatic rings. The molecule has 0 saturated carbocycles. The minimum absolute atomic E-state index is 0.00426. The fourth-order valence-corrected chi connectivity index (χ4v) is 1.68. The molecule has 4 heteroatoms. The Kier molecular flexibility index (Phi) is 4.67. The molecule has 0 fully saturated rings. The molecular weight excluding hydrogens is 274 g/mol. The third-order valence-electron chi connectivity index (χ3n) is 2.09. The summed E-state index contributed by atoms with van der Waals surface area (Å²) in [6, 6.07) is 7.89. The van der Waals surface area contributed by atoms with Gasteiger partial charge in [-0.25, -0.2) is 0 Å². The Bertz CT molecular complexity index is 354. The lowest BCUT2D eigenvalue weighted by Gasteiger charge is -2.15. The predicted octanol–water partition coefficient (Wildman–Crippen LogP) is 2.94. The number of thiol groups is 1. The molecule has 15 heavy (non-hydrogen) atoms. The highest BCUT2D eigenvalue weighted by Gasteiger charge is 2.12. The van der Waals surface area contributed by atoms with E-state index in [2.05, 4.69) is 33.9 Å². The summed E-state index contributed by atoms with van der Waals surface area (Å²) in [6.07, 6.45) is 0. The van der Waals surface area contributed by atoms with Gasteiger partial charge in [0.05, 0.1) is 11.3 Å². The number of nitrogens with one attached hydrogen (secondary N) is 1. The maximum atomic E-state index is 11.4. The van der Waals surface area contributed by atoms with E-state index in [1.165, 1.54) is 0 Å². The van der Waals surface area contributed by atoms with Gasteiger partial charge in [0.2, 0.25) is 5.91 Å². The first-order valence-corrected chi connectivity index (χ1v) is 6.05. The molecule has 2 atom stereocenters. The number of benzene rings is 1. The van der Waals surface area contributed by atoms with Crippen LogP contribution in [0.3, 0.4) is 0 Å². The van der Waals surface area contributed by atoms with Crippen LogP contribution in [0.25, 0.3) is 0 Å². The fourth-order valence-electron chi connectivity index (χ4n) is 1.19. The lowest BCUT2D eigenvalue weighted by Crippen LogP contribution is -2.31. The zero-order valence-electron chi connectivity index (χ0n) is 8.70. The van der Waals surface area contributed by atoms with Crippen LogP contribution in [0, 0.1) is 0 Å². The quantitative estimate of drug-likeness (QED) is 0.823. The molecule has 1 aromatic rings. The van der Waals surface area contributed by atoms with Gasteiger partial charge in [-0.1, -0.05) is 28.1 Å². The lowest BCUT2D eigenvalue weighted by atomic mass is 10.1. The van der Waals surface area contributed by atoms with Crippen molar-refractivity contribution < 1.29 is 4.79 Å². The topological polar surface area (TPSA) is 29.1 Å². The second-order valence-corrected chi connectivity index (χ2v) is 5.15. The van der Waals surface area contributed by atoms with E-state index in [1.54, 1.807) is 6.92 Å². The number of rotatable bonds is 3. The molecule has 1 rings (SSSR count). The second-order valence-electron chi connectivity index (χ2n) is 3.46. The second kappa shape index (κ2) is 5.56. The van der Waals surface area contributed by atoms with Crippen LogP contribution < -0.4 is 5.32 Å². The first-order valence-electron chi connectivity index (χ1n) is 4.74. The molecule has 1 aromatic carbocycles. The van der Waals surface area contributed by atoms with Gasteiger partial charge >= 0.3 is 0 Å². The van der Waals surface area contributed by atoms with Gasteiger partial charge in [0, 0.05) is 4.47 Å². The van der Waals surface area contributed by atoms with E-state index >= 15 is 0 Å². The van der Waals surface area contributed by atoms with E-state index in [4.69, 9.17) is 0 Å². The Balaban J connectivity index is 2.69. The number of carbonyl (C=O) groups excluding carboxylic acids is 1. The molecule has 2 nitrogen and oxygen atoms in total. The SMILES string of the molecule is CC(S)C(=O)NC(C)c1cccc(Br)c1. The first-order chi connectivity index (χ1) is 7.00. The Morgan fingerprint density at radius 3 is 2.67 bits per heavy atom. The van der Waals surface area contributed by atoms with E-state index in [0.717, 1.165) is 10.0 Å². The highest BCUT2D eigenvalue weighted by Crippen LogP contribution is 2.17. The van der Waals surface area contributed by atoms with Gasteiger partial charge in [-0.3, -0.25) is 4.79 Å². The largest absolute Gasteiger partial charge is 0.349 e. The van der Waals surface area contributed by atoms with E-state index in [0.29, 0.717) is 0 Å². The molecule has 0 heterocycles. The van der Waals surface area contributed by atoms with E-state index in [1.807, 2.05) is 31.2 Å². The number of hydrogen-bond donors (Lipinski definition) is 2. The summed E-state index contributed by atoms with van der Waals surface area (Å²) in [5.41, 5.74) is 1.08. The Labute approximate surface area is 104 Å². The summed E-state index contributed by atoms with van der Waals surface area (Å²) >= 11 is 7.48. The summed E-state index contributed by atoms with van der Waals surface area (Å²) in [5, 5.41) is 2.61. The van der Waals surface area contributed by atoms with Crippen LogP contribution in [0.5, 0.6) is 0 Å². The molecule has 0 aromatic heterocycles. The zero-order valence-corrected chi connectivity index (χ0v) is 11.2. The molecule has 0 spiro atoms. The number of halogens is 1. The van der Waals surface area contributed by atoms with Crippen molar-refractivity contribution in [3.05, 3.63) is 34.3 Å². The highest BCUT2D eigenvalue weighted by molar-refractivity contribution is 9.10. The molecule has 1 N–H and O–H groups in total. The third-order valence-corrected chi connectivity index (χ3v) is 2.81. The van der Waals surface area contributed by atoms with Crippen molar-refractivity contribution in [2.24, 2.45) is 0 Å². The molecule has 82 valence electrons. The van der Waals surface area contributed by atoms with Gasteiger partial charge in [0.15, 0.2) is 0 Å². The Morgan fingerprint density at radius 1 is 1.47 bits per heavy atom. The van der Waals surface area contributed by atoms with Crippen molar-refractivity contribution in [2.75, 3.05) is 0 Å². The summed E-state index contributed by atoms with van der Waals surface area (Å²) < 4.78 is 1.01. The average molecular weight is 288 g/mol. The molecule has 1 amide bonds. The standard InChI is InChI=1S/C11H14BrNOS/c1-7(13-11(14)8(2)15)9-4-3-5-10(12)6-9/h3-8,15H,1-2H3,(H,13,14). The molecule has 0 radical (unpaired) electrons. The van der Waals surface area contributed by atoms with Crippen LogP contribution in [0.1, 0.15) is 25.5 Å². The van der Waals surface area contributed by atoms with Crippen molar-refractivity contribution in [3.63, 3.8) is 0 Å². The average Bonchev–Trinajstić information content (AvgIpc) is 2.17. The minimum Gasteiger partial charge on any atom is -0.349 e. The van der Waals surface area contributed by atoms with Crippen molar-refractivity contribution >= 4 is 34.5 Å². The highest BCUT2D eigenvalue weighted by atomic mass is 79.9. The first kappa shape index (κ1) is 12.6. The van der Waals surface area contributed by atoms with Gasteiger partial charge < -0.3 is 5.32 Å². The lowest BCUT2D eigenvalue weighted by molar-refractivity contribution is -0.120. The van der Waals surface area contributed by atoms with E-state index in [9.17, 15) is 4.79 Å². The minimum atomic E-state index is -0.278. The van der Waals surface area contributed by atoms with Crippen LogP contribution in [0.2, 0.25) is 0 Å². The third kappa shape index (κ3) is 3.87. The number of amides is 1. The normalized spacial score (nSPS) is 14.4. The monoisotopic (exact) mass is 287 g/mol. The van der Waals surface area contributed by atoms with Gasteiger partial charge in [-0.15, -0.1) is 0 Å². The fraction of sp³-hybridized carbons (Fsp3) is 0.364. The summed E-state index contributed by atoms with van der Waals surface area (Å²) in [4.78, 5) is 11.4. The van der Waals surface area contributed by atoms with Crippen LogP contribution in [0.4, 0.5) is 0 Å². The smallest absolute Gasteiger partial charge is 0.233 e. The van der Waals surface area contributed by atoms with Gasteiger partial charge in [-0.2, -0.15) is 12.6 Å². The Hall–Kier alpha value is -0.480. The van der Waals surface area contributed by atoms with Crippen LogP contribution in [0.15, 0.2) is 28.7 Å². The predicted molar refractivity (Wildman–Crippen MR) is 69.1 cm³/mol. The summed E-state index contributed by atoms with van der Waals surface area (Å²) in [5.74, 6) is -0.0502. The van der Waals surface area contributed by atoms with Crippen molar-refractivity contribution in [1.82, 2.24) is 5.32 Å². The van der Waals surface area contributed by atoms with Crippen LogP contribution >= 0.6 is 28.6 Å². The molecule has 0 aliphatic heterocycles. The van der Waals surface area contributed by atoms with E-state index < -0.39 is 0 Å². The van der Waals surface area contributed by atoms with Crippen LogP contribution in [-0.4, -0.2) is 11.2 Å². The molecule has 0 saturated heterocycles. The molecular formula is C11H14BrNOS. The van der Waals surface area contributed by atoms with Crippen LogP contribution in [-0.2, 0) is 4.79 Å². The summed E-state index contributed by atoms with van der Waals surface area (Å²) in [7, 11) is 0. The number of carbonyl (C=O) groups is 1.